The Labute approximate surface area is 138 Å². The van der Waals surface area contributed by atoms with Crippen molar-refractivity contribution in [1.82, 2.24) is 20.2 Å². The average molecular weight is 327 g/mol. The van der Waals surface area contributed by atoms with Crippen LogP contribution in [0.5, 0.6) is 0 Å². The number of rotatable bonds is 4. The first kappa shape index (κ1) is 15.4. The van der Waals surface area contributed by atoms with Crippen LogP contribution >= 0.6 is 11.6 Å². The lowest BCUT2D eigenvalue weighted by molar-refractivity contribution is 0.0918. The van der Waals surface area contributed by atoms with Gasteiger partial charge in [0.05, 0.1) is 0 Å². The molecule has 1 unspecified atom stereocenters. The van der Waals surface area contributed by atoms with E-state index in [2.05, 4.69) is 15.4 Å². The molecule has 0 amide bonds. The van der Waals surface area contributed by atoms with Crippen molar-refractivity contribution in [3.63, 3.8) is 0 Å². The first-order valence-electron chi connectivity index (χ1n) is 7.21. The molecule has 0 aliphatic rings. The van der Waals surface area contributed by atoms with Crippen LogP contribution in [0.2, 0.25) is 5.02 Å². The molecule has 6 heteroatoms. The largest absolute Gasteiger partial charge is 0.292 e. The van der Waals surface area contributed by atoms with Crippen LogP contribution in [0.25, 0.3) is 11.4 Å². The molecule has 116 valence electrons. The number of tetrazole rings is 1. The van der Waals surface area contributed by atoms with E-state index in [4.69, 9.17) is 11.6 Å². The molecular formula is C17H15ClN4O. The minimum absolute atomic E-state index is 0.0884. The van der Waals surface area contributed by atoms with Crippen molar-refractivity contribution < 1.29 is 4.79 Å². The average Bonchev–Trinajstić information content (AvgIpc) is 3.05. The highest BCUT2D eigenvalue weighted by atomic mass is 35.5. The van der Waals surface area contributed by atoms with Crippen molar-refractivity contribution in [3.05, 3.63) is 64.7 Å². The van der Waals surface area contributed by atoms with Crippen LogP contribution in [0.4, 0.5) is 0 Å². The van der Waals surface area contributed by atoms with E-state index < -0.39 is 6.04 Å². The number of aryl methyl sites for hydroxylation is 1. The molecule has 3 aromatic rings. The van der Waals surface area contributed by atoms with Gasteiger partial charge in [-0.2, -0.15) is 4.80 Å². The number of aromatic nitrogens is 4. The first-order valence-corrected chi connectivity index (χ1v) is 7.59. The lowest BCUT2D eigenvalue weighted by Crippen LogP contribution is -2.19. The summed E-state index contributed by atoms with van der Waals surface area (Å²) in [5.41, 5.74) is 2.59. The van der Waals surface area contributed by atoms with Gasteiger partial charge in [0.25, 0.3) is 0 Å². The Hall–Kier alpha value is -2.53. The highest BCUT2D eigenvalue weighted by Crippen LogP contribution is 2.18. The van der Waals surface area contributed by atoms with E-state index in [0.29, 0.717) is 16.4 Å². The van der Waals surface area contributed by atoms with Gasteiger partial charge < -0.3 is 0 Å². The summed E-state index contributed by atoms with van der Waals surface area (Å²) >= 11 is 5.84. The summed E-state index contributed by atoms with van der Waals surface area (Å²) in [5.74, 6) is 0.412. The molecule has 0 saturated carbocycles. The van der Waals surface area contributed by atoms with Crippen molar-refractivity contribution in [3.8, 4) is 11.4 Å². The van der Waals surface area contributed by atoms with Crippen LogP contribution in [-0.2, 0) is 0 Å². The Balaban J connectivity index is 1.83. The second kappa shape index (κ2) is 6.30. The molecule has 0 aliphatic carbocycles. The van der Waals surface area contributed by atoms with E-state index in [1.165, 1.54) is 4.80 Å². The zero-order chi connectivity index (χ0) is 16.4. The van der Waals surface area contributed by atoms with Crippen LogP contribution < -0.4 is 0 Å². The summed E-state index contributed by atoms with van der Waals surface area (Å²) in [6.07, 6.45) is 0. The monoisotopic (exact) mass is 326 g/mol. The number of carbonyl (C=O) groups excluding carboxylic acids is 1. The van der Waals surface area contributed by atoms with E-state index in [9.17, 15) is 4.79 Å². The maximum absolute atomic E-state index is 12.5. The predicted octanol–water partition coefficient (Wildman–Crippen LogP) is 3.75. The quantitative estimate of drug-likeness (QED) is 0.685. The summed E-state index contributed by atoms with van der Waals surface area (Å²) in [5, 5.41) is 13.0. The molecule has 0 N–H and O–H groups in total. The van der Waals surface area contributed by atoms with Crippen LogP contribution in [0.15, 0.2) is 48.5 Å². The Morgan fingerprint density at radius 3 is 2.39 bits per heavy atom. The van der Waals surface area contributed by atoms with Gasteiger partial charge in [0, 0.05) is 16.1 Å². The fourth-order valence-corrected chi connectivity index (χ4v) is 2.29. The molecule has 0 spiro atoms. The van der Waals surface area contributed by atoms with E-state index in [1.54, 1.807) is 31.2 Å². The summed E-state index contributed by atoms with van der Waals surface area (Å²) in [6.45, 7) is 3.76. The minimum atomic E-state index is -0.539. The van der Waals surface area contributed by atoms with Gasteiger partial charge >= 0.3 is 0 Å². The zero-order valence-corrected chi connectivity index (χ0v) is 13.5. The molecule has 1 aromatic heterocycles. The van der Waals surface area contributed by atoms with Crippen molar-refractivity contribution in [2.45, 2.75) is 19.9 Å². The normalized spacial score (nSPS) is 12.1. The Kier molecular flexibility index (Phi) is 4.21. The molecule has 1 heterocycles. The number of Topliss-reactive ketones (excluding diaryl/α,β-unsaturated/α-hetero) is 1. The number of carbonyl (C=O) groups is 1. The minimum Gasteiger partial charge on any atom is -0.292 e. The molecule has 23 heavy (non-hydrogen) atoms. The maximum atomic E-state index is 12.5. The smallest absolute Gasteiger partial charge is 0.204 e. The van der Waals surface area contributed by atoms with Gasteiger partial charge in [0.15, 0.2) is 5.78 Å². The number of nitrogens with zero attached hydrogens (tertiary/aromatic N) is 4. The fraction of sp³-hybridized carbons (Fsp3) is 0.176. The second-order valence-electron chi connectivity index (χ2n) is 5.35. The van der Waals surface area contributed by atoms with E-state index >= 15 is 0 Å². The molecule has 3 rings (SSSR count). The van der Waals surface area contributed by atoms with E-state index in [0.717, 1.165) is 11.1 Å². The highest BCUT2D eigenvalue weighted by Gasteiger charge is 2.20. The number of hydrogen-bond acceptors (Lipinski definition) is 4. The van der Waals surface area contributed by atoms with Crippen molar-refractivity contribution in [1.29, 1.82) is 0 Å². The predicted molar refractivity (Wildman–Crippen MR) is 88.5 cm³/mol. The number of halogens is 1. The van der Waals surface area contributed by atoms with Gasteiger partial charge in [-0.1, -0.05) is 41.4 Å². The van der Waals surface area contributed by atoms with Crippen LogP contribution in [0, 0.1) is 6.92 Å². The van der Waals surface area contributed by atoms with Crippen LogP contribution in [0.3, 0.4) is 0 Å². The van der Waals surface area contributed by atoms with E-state index in [1.807, 2.05) is 31.2 Å². The molecule has 0 saturated heterocycles. The maximum Gasteiger partial charge on any atom is 0.204 e. The molecule has 0 fully saturated rings. The van der Waals surface area contributed by atoms with Gasteiger partial charge in [-0.25, -0.2) is 0 Å². The zero-order valence-electron chi connectivity index (χ0n) is 12.8. The number of benzene rings is 2. The van der Waals surface area contributed by atoms with Gasteiger partial charge in [0.1, 0.15) is 6.04 Å². The molecule has 0 radical (unpaired) electrons. The molecule has 2 aromatic carbocycles. The second-order valence-corrected chi connectivity index (χ2v) is 5.78. The summed E-state index contributed by atoms with van der Waals surface area (Å²) in [6, 6.07) is 14.1. The fourth-order valence-electron chi connectivity index (χ4n) is 2.17. The highest BCUT2D eigenvalue weighted by molar-refractivity contribution is 6.30. The number of ketones is 1. The number of hydrogen-bond donors (Lipinski definition) is 0. The topological polar surface area (TPSA) is 60.7 Å². The van der Waals surface area contributed by atoms with Crippen molar-refractivity contribution in [2.75, 3.05) is 0 Å². The van der Waals surface area contributed by atoms with Crippen LogP contribution in [-0.4, -0.2) is 26.0 Å². The standard InChI is InChI=1S/C17H15ClN4O/c1-11-3-5-14(6-4-11)17-19-21-22(20-17)12(2)16(23)13-7-9-15(18)10-8-13/h3-10,12H,1-2H3. The molecule has 0 aliphatic heterocycles. The van der Waals surface area contributed by atoms with Gasteiger partial charge in [-0.05, 0) is 43.3 Å². The van der Waals surface area contributed by atoms with Gasteiger partial charge in [-0.3, -0.25) is 4.79 Å². The third kappa shape index (κ3) is 3.29. The Bertz CT molecular complexity index is 825. The lowest BCUT2D eigenvalue weighted by atomic mass is 10.1. The molecule has 5 nitrogen and oxygen atoms in total. The molecule has 1 atom stereocenters. The third-order valence-corrected chi connectivity index (χ3v) is 3.84. The third-order valence-electron chi connectivity index (χ3n) is 3.59. The summed E-state index contributed by atoms with van der Waals surface area (Å²) < 4.78 is 0. The van der Waals surface area contributed by atoms with E-state index in [-0.39, 0.29) is 5.78 Å². The van der Waals surface area contributed by atoms with Crippen LogP contribution in [0.1, 0.15) is 28.9 Å². The Morgan fingerprint density at radius 2 is 1.74 bits per heavy atom. The summed E-state index contributed by atoms with van der Waals surface area (Å²) in [7, 11) is 0. The van der Waals surface area contributed by atoms with Gasteiger partial charge in [0.2, 0.25) is 5.82 Å². The SMILES string of the molecule is Cc1ccc(-c2nnn(C(C)C(=O)c3ccc(Cl)cc3)n2)cc1. The van der Waals surface area contributed by atoms with Crippen molar-refractivity contribution in [2.24, 2.45) is 0 Å². The Morgan fingerprint density at radius 1 is 1.09 bits per heavy atom. The summed E-state index contributed by atoms with van der Waals surface area (Å²) in [4.78, 5) is 13.8. The molecular weight excluding hydrogens is 312 g/mol. The first-order chi connectivity index (χ1) is 11.0. The lowest BCUT2D eigenvalue weighted by Gasteiger charge is -2.08. The molecule has 0 bridgehead atoms. The van der Waals surface area contributed by atoms with Crippen molar-refractivity contribution >= 4 is 17.4 Å². The van der Waals surface area contributed by atoms with Gasteiger partial charge in [-0.15, -0.1) is 10.2 Å².